The molecule has 0 saturated carbocycles. The molecular formula is C12H15NO3S. The van der Waals surface area contributed by atoms with Crippen LogP contribution in [0.4, 0.5) is 0 Å². The van der Waals surface area contributed by atoms with Crippen molar-refractivity contribution < 1.29 is 14.6 Å². The van der Waals surface area contributed by atoms with E-state index in [1.807, 2.05) is 0 Å². The van der Waals surface area contributed by atoms with Crippen LogP contribution in [0.3, 0.4) is 0 Å². The highest BCUT2D eigenvalue weighted by Gasteiger charge is 2.10. The quantitative estimate of drug-likeness (QED) is 0.655. The van der Waals surface area contributed by atoms with E-state index < -0.39 is 0 Å². The predicted octanol–water partition coefficient (Wildman–Crippen LogP) is 1.83. The maximum atomic E-state index is 11.7. The number of nitrogens with zero attached hydrogens (tertiary/aromatic N) is 1. The SMILES string of the molecule is CN(C)C(=S)OCCC(=O)c1ccccc1O. The lowest BCUT2D eigenvalue weighted by Crippen LogP contribution is -2.23. The van der Waals surface area contributed by atoms with Crippen LogP contribution >= 0.6 is 12.2 Å². The number of aromatic hydroxyl groups is 1. The van der Waals surface area contributed by atoms with Gasteiger partial charge in [-0.15, -0.1) is 0 Å². The van der Waals surface area contributed by atoms with Crippen LogP contribution in [0, 0.1) is 0 Å². The Bertz CT molecular complexity index is 418. The Balaban J connectivity index is 2.46. The second-order valence-electron chi connectivity index (χ2n) is 3.70. The fourth-order valence-corrected chi connectivity index (χ4v) is 1.29. The number of thiocarbonyl (C=S) groups is 1. The van der Waals surface area contributed by atoms with Crippen LogP contribution in [0.1, 0.15) is 16.8 Å². The van der Waals surface area contributed by atoms with Crippen molar-refractivity contribution >= 4 is 23.2 Å². The molecule has 0 aliphatic heterocycles. The number of benzene rings is 1. The van der Waals surface area contributed by atoms with Gasteiger partial charge in [0.15, 0.2) is 5.78 Å². The third-order valence-corrected chi connectivity index (χ3v) is 2.61. The van der Waals surface area contributed by atoms with Crippen molar-refractivity contribution in [1.82, 2.24) is 4.90 Å². The molecule has 0 aliphatic carbocycles. The number of ketones is 1. The average molecular weight is 253 g/mol. The molecule has 1 aromatic rings. The zero-order valence-corrected chi connectivity index (χ0v) is 10.7. The molecule has 1 rings (SSSR count). The molecule has 5 heteroatoms. The molecule has 0 aromatic heterocycles. The maximum Gasteiger partial charge on any atom is 0.258 e. The Morgan fingerprint density at radius 2 is 2.06 bits per heavy atom. The highest BCUT2D eigenvalue weighted by molar-refractivity contribution is 7.80. The highest BCUT2D eigenvalue weighted by atomic mass is 32.1. The van der Waals surface area contributed by atoms with Crippen LogP contribution in [0.15, 0.2) is 24.3 Å². The van der Waals surface area contributed by atoms with Gasteiger partial charge < -0.3 is 14.7 Å². The van der Waals surface area contributed by atoms with Crippen molar-refractivity contribution in [2.75, 3.05) is 20.7 Å². The van der Waals surface area contributed by atoms with Gasteiger partial charge in [-0.3, -0.25) is 4.79 Å². The molecule has 0 saturated heterocycles. The zero-order valence-electron chi connectivity index (χ0n) is 9.84. The minimum Gasteiger partial charge on any atom is -0.507 e. The molecule has 0 amide bonds. The first-order valence-electron chi connectivity index (χ1n) is 5.17. The largest absolute Gasteiger partial charge is 0.507 e. The minimum absolute atomic E-state index is 0.00677. The third kappa shape index (κ3) is 4.03. The van der Waals surface area contributed by atoms with Gasteiger partial charge in [0.2, 0.25) is 0 Å². The lowest BCUT2D eigenvalue weighted by molar-refractivity contribution is 0.0954. The van der Waals surface area contributed by atoms with Crippen molar-refractivity contribution in [3.05, 3.63) is 29.8 Å². The Kier molecular flexibility index (Phi) is 4.90. The zero-order chi connectivity index (χ0) is 12.8. The lowest BCUT2D eigenvalue weighted by Gasteiger charge is -2.13. The number of carbonyl (C=O) groups is 1. The van der Waals surface area contributed by atoms with Crippen molar-refractivity contribution in [3.63, 3.8) is 0 Å². The van der Waals surface area contributed by atoms with Gasteiger partial charge in [0.1, 0.15) is 5.75 Å². The summed E-state index contributed by atoms with van der Waals surface area (Å²) in [5.74, 6) is -0.169. The van der Waals surface area contributed by atoms with Gasteiger partial charge >= 0.3 is 0 Å². The molecule has 0 fully saturated rings. The van der Waals surface area contributed by atoms with E-state index in [-0.39, 0.29) is 24.6 Å². The Hall–Kier alpha value is -1.62. The number of carbonyl (C=O) groups excluding carboxylic acids is 1. The third-order valence-electron chi connectivity index (χ3n) is 2.12. The molecule has 0 heterocycles. The van der Waals surface area contributed by atoms with E-state index in [0.717, 1.165) is 0 Å². The monoisotopic (exact) mass is 253 g/mol. The molecule has 0 spiro atoms. The first kappa shape index (κ1) is 13.4. The molecule has 0 atom stereocenters. The summed E-state index contributed by atoms with van der Waals surface area (Å²) in [7, 11) is 3.54. The summed E-state index contributed by atoms with van der Waals surface area (Å²) in [4.78, 5) is 13.4. The number of ether oxygens (including phenoxy) is 1. The Labute approximate surface area is 106 Å². The van der Waals surface area contributed by atoms with Crippen LogP contribution in [0.2, 0.25) is 0 Å². The van der Waals surface area contributed by atoms with Crippen LogP contribution in [-0.4, -0.2) is 41.7 Å². The van der Waals surface area contributed by atoms with E-state index in [2.05, 4.69) is 0 Å². The Morgan fingerprint density at radius 1 is 1.41 bits per heavy atom. The number of hydrogen-bond donors (Lipinski definition) is 1. The maximum absolute atomic E-state index is 11.7. The molecule has 1 aromatic carbocycles. The summed E-state index contributed by atoms with van der Waals surface area (Å²) in [6, 6.07) is 6.45. The van der Waals surface area contributed by atoms with Crippen molar-refractivity contribution in [3.8, 4) is 5.75 Å². The highest BCUT2D eigenvalue weighted by Crippen LogP contribution is 2.17. The van der Waals surface area contributed by atoms with Crippen LogP contribution < -0.4 is 0 Å². The molecular weight excluding hydrogens is 238 g/mol. The molecule has 1 N–H and O–H groups in total. The van der Waals surface area contributed by atoms with Crippen molar-refractivity contribution in [2.24, 2.45) is 0 Å². The summed E-state index contributed by atoms with van der Waals surface area (Å²) in [6.07, 6.45) is 0.186. The summed E-state index contributed by atoms with van der Waals surface area (Å²) in [5, 5.41) is 9.82. The van der Waals surface area contributed by atoms with E-state index in [1.165, 1.54) is 6.07 Å². The van der Waals surface area contributed by atoms with E-state index >= 15 is 0 Å². The van der Waals surface area contributed by atoms with Gasteiger partial charge in [0.05, 0.1) is 12.2 Å². The lowest BCUT2D eigenvalue weighted by atomic mass is 10.1. The number of phenols is 1. The second kappa shape index (κ2) is 6.20. The first-order valence-corrected chi connectivity index (χ1v) is 5.58. The first-order chi connectivity index (χ1) is 8.02. The van der Waals surface area contributed by atoms with E-state index in [4.69, 9.17) is 17.0 Å². The van der Waals surface area contributed by atoms with Crippen LogP contribution in [0.5, 0.6) is 5.75 Å². The molecule has 92 valence electrons. The fourth-order valence-electron chi connectivity index (χ4n) is 1.20. The van der Waals surface area contributed by atoms with Crippen molar-refractivity contribution in [1.29, 1.82) is 0 Å². The predicted molar refractivity (Wildman–Crippen MR) is 69.3 cm³/mol. The summed E-state index contributed by atoms with van der Waals surface area (Å²) < 4.78 is 5.19. The summed E-state index contributed by atoms with van der Waals surface area (Å²) >= 11 is 4.92. The average Bonchev–Trinajstić information content (AvgIpc) is 2.29. The number of rotatable bonds is 4. The van der Waals surface area contributed by atoms with Crippen molar-refractivity contribution in [2.45, 2.75) is 6.42 Å². The topological polar surface area (TPSA) is 49.8 Å². The standard InChI is InChI=1S/C12H15NO3S/c1-13(2)12(17)16-8-7-11(15)9-5-3-4-6-10(9)14/h3-6,14H,7-8H2,1-2H3. The fraction of sp³-hybridized carbons (Fsp3) is 0.333. The van der Waals surface area contributed by atoms with Gasteiger partial charge in [0.25, 0.3) is 5.17 Å². The number of para-hydroxylation sites is 1. The smallest absolute Gasteiger partial charge is 0.258 e. The summed E-state index contributed by atoms with van der Waals surface area (Å²) in [6.45, 7) is 0.212. The molecule has 17 heavy (non-hydrogen) atoms. The van der Waals surface area contributed by atoms with E-state index in [0.29, 0.717) is 10.7 Å². The van der Waals surface area contributed by atoms with E-state index in [9.17, 15) is 9.90 Å². The van der Waals surface area contributed by atoms with Gasteiger partial charge in [-0.25, -0.2) is 0 Å². The van der Waals surface area contributed by atoms with Gasteiger partial charge in [-0.1, -0.05) is 12.1 Å². The normalized spacial score (nSPS) is 9.76. The molecule has 0 aliphatic rings. The van der Waals surface area contributed by atoms with Gasteiger partial charge in [-0.05, 0) is 24.4 Å². The number of phenolic OH excluding ortho intramolecular Hbond substituents is 1. The minimum atomic E-state index is -0.162. The Morgan fingerprint density at radius 3 is 2.65 bits per heavy atom. The second-order valence-corrected chi connectivity index (χ2v) is 4.05. The number of hydrogen-bond acceptors (Lipinski definition) is 4. The van der Waals surface area contributed by atoms with Crippen LogP contribution in [-0.2, 0) is 4.74 Å². The van der Waals surface area contributed by atoms with Crippen LogP contribution in [0.25, 0.3) is 0 Å². The summed E-state index contributed by atoms with van der Waals surface area (Å²) in [5.41, 5.74) is 0.312. The van der Waals surface area contributed by atoms with E-state index in [1.54, 1.807) is 37.2 Å². The van der Waals surface area contributed by atoms with Gasteiger partial charge in [-0.2, -0.15) is 0 Å². The number of Topliss-reactive ketones (excluding diaryl/α,β-unsaturated/α-hetero) is 1. The molecule has 0 bridgehead atoms. The molecule has 0 radical (unpaired) electrons. The van der Waals surface area contributed by atoms with Gasteiger partial charge in [0, 0.05) is 20.5 Å². The molecule has 4 nitrogen and oxygen atoms in total. The molecule has 0 unspecified atom stereocenters.